The number of amides is 2. The van der Waals surface area contributed by atoms with Crippen LogP contribution in [0.15, 0.2) is 67.0 Å². The van der Waals surface area contributed by atoms with Crippen LogP contribution in [0, 0.1) is 0 Å². The summed E-state index contributed by atoms with van der Waals surface area (Å²) in [5, 5.41) is 3.57. The SMILES string of the molecule is NC(=O)Nc1ccc(-c2nc(N3CCOCC3)c3ccc(-c4cccnc4)cc3n2)cc1. The number of rotatable bonds is 4. The first-order valence-corrected chi connectivity index (χ1v) is 10.4. The van der Waals surface area contributed by atoms with Crippen molar-refractivity contribution in [3.8, 4) is 22.5 Å². The maximum atomic E-state index is 11.1. The van der Waals surface area contributed by atoms with Gasteiger partial charge in [0.2, 0.25) is 0 Å². The fourth-order valence-corrected chi connectivity index (χ4v) is 3.82. The molecule has 2 aromatic heterocycles. The molecule has 0 aliphatic carbocycles. The number of benzene rings is 2. The zero-order valence-electron chi connectivity index (χ0n) is 17.4. The lowest BCUT2D eigenvalue weighted by Gasteiger charge is -2.29. The van der Waals surface area contributed by atoms with Gasteiger partial charge in [0.15, 0.2) is 5.82 Å². The largest absolute Gasteiger partial charge is 0.378 e. The van der Waals surface area contributed by atoms with E-state index in [1.165, 1.54) is 0 Å². The molecule has 1 aliphatic rings. The van der Waals surface area contributed by atoms with Gasteiger partial charge >= 0.3 is 6.03 Å². The van der Waals surface area contributed by atoms with Gasteiger partial charge in [0.1, 0.15) is 5.82 Å². The molecule has 160 valence electrons. The third-order valence-corrected chi connectivity index (χ3v) is 5.39. The van der Waals surface area contributed by atoms with E-state index >= 15 is 0 Å². The molecule has 8 nitrogen and oxygen atoms in total. The summed E-state index contributed by atoms with van der Waals surface area (Å²) in [6, 6.07) is 16.9. The molecule has 32 heavy (non-hydrogen) atoms. The van der Waals surface area contributed by atoms with E-state index in [1.54, 1.807) is 18.3 Å². The highest BCUT2D eigenvalue weighted by Gasteiger charge is 2.18. The van der Waals surface area contributed by atoms with Gasteiger partial charge in [-0.2, -0.15) is 0 Å². The van der Waals surface area contributed by atoms with E-state index in [0.717, 1.165) is 46.5 Å². The second kappa shape index (κ2) is 8.60. The summed E-state index contributed by atoms with van der Waals surface area (Å²) in [6.45, 7) is 2.89. The summed E-state index contributed by atoms with van der Waals surface area (Å²) in [7, 11) is 0. The van der Waals surface area contributed by atoms with E-state index < -0.39 is 6.03 Å². The summed E-state index contributed by atoms with van der Waals surface area (Å²) in [4.78, 5) is 27.4. The molecule has 1 saturated heterocycles. The van der Waals surface area contributed by atoms with E-state index in [0.29, 0.717) is 24.7 Å². The number of nitrogens with two attached hydrogens (primary N) is 1. The number of ether oxygens (including phenoxy) is 1. The molecule has 1 fully saturated rings. The highest BCUT2D eigenvalue weighted by atomic mass is 16.5. The van der Waals surface area contributed by atoms with Gasteiger partial charge < -0.3 is 20.7 Å². The monoisotopic (exact) mass is 426 g/mol. The number of fused-ring (bicyclic) bond motifs is 1. The summed E-state index contributed by atoms with van der Waals surface area (Å²) >= 11 is 0. The van der Waals surface area contributed by atoms with Crippen LogP contribution in [0.25, 0.3) is 33.4 Å². The van der Waals surface area contributed by atoms with Gasteiger partial charge in [-0.1, -0.05) is 12.1 Å². The molecule has 2 aromatic carbocycles. The number of nitrogens with one attached hydrogen (secondary N) is 1. The zero-order chi connectivity index (χ0) is 21.9. The van der Waals surface area contributed by atoms with Gasteiger partial charge in [0.05, 0.1) is 18.7 Å². The van der Waals surface area contributed by atoms with Gasteiger partial charge in [-0.25, -0.2) is 14.8 Å². The quantitative estimate of drug-likeness (QED) is 0.516. The van der Waals surface area contributed by atoms with E-state index in [9.17, 15) is 4.79 Å². The lowest BCUT2D eigenvalue weighted by Crippen LogP contribution is -2.37. The van der Waals surface area contributed by atoms with Gasteiger partial charge in [0.25, 0.3) is 0 Å². The van der Waals surface area contributed by atoms with Gasteiger partial charge in [-0.15, -0.1) is 0 Å². The third-order valence-electron chi connectivity index (χ3n) is 5.39. The number of aromatic nitrogens is 3. The van der Waals surface area contributed by atoms with Crippen LogP contribution in [0.1, 0.15) is 0 Å². The van der Waals surface area contributed by atoms with Crippen molar-refractivity contribution in [1.82, 2.24) is 15.0 Å². The Balaban J connectivity index is 1.62. The predicted octanol–water partition coefficient (Wildman–Crippen LogP) is 3.69. The zero-order valence-corrected chi connectivity index (χ0v) is 17.4. The summed E-state index contributed by atoms with van der Waals surface area (Å²) in [5.74, 6) is 1.51. The van der Waals surface area contributed by atoms with Gasteiger partial charge in [-0.05, 0) is 48.0 Å². The summed E-state index contributed by atoms with van der Waals surface area (Å²) in [6.07, 6.45) is 3.61. The molecule has 8 heteroatoms. The molecule has 0 bridgehead atoms. The Kier molecular flexibility index (Phi) is 5.35. The fourth-order valence-electron chi connectivity index (χ4n) is 3.82. The minimum atomic E-state index is -0.600. The van der Waals surface area contributed by atoms with Crippen molar-refractivity contribution in [2.24, 2.45) is 5.73 Å². The molecule has 3 heterocycles. The molecule has 0 saturated carbocycles. The minimum absolute atomic E-state index is 0.600. The molecule has 0 atom stereocenters. The van der Waals surface area contributed by atoms with Crippen molar-refractivity contribution < 1.29 is 9.53 Å². The number of hydrogen-bond acceptors (Lipinski definition) is 6. The number of primary amides is 1. The Morgan fingerprint density at radius 2 is 1.75 bits per heavy atom. The number of morpholine rings is 1. The number of carbonyl (C=O) groups is 1. The van der Waals surface area contributed by atoms with Crippen LogP contribution < -0.4 is 16.0 Å². The summed E-state index contributed by atoms with van der Waals surface area (Å²) < 4.78 is 5.53. The Morgan fingerprint density at radius 3 is 2.47 bits per heavy atom. The Bertz CT molecular complexity index is 1250. The highest BCUT2D eigenvalue weighted by Crippen LogP contribution is 2.31. The molecule has 3 N–H and O–H groups in total. The third kappa shape index (κ3) is 4.08. The van der Waals surface area contributed by atoms with Crippen LogP contribution >= 0.6 is 0 Å². The first-order chi connectivity index (χ1) is 15.7. The van der Waals surface area contributed by atoms with Crippen LogP contribution in [0.3, 0.4) is 0 Å². The summed E-state index contributed by atoms with van der Waals surface area (Å²) in [5.41, 5.74) is 9.61. The van der Waals surface area contributed by atoms with Crippen molar-refractivity contribution in [3.05, 3.63) is 67.0 Å². The smallest absolute Gasteiger partial charge is 0.316 e. The van der Waals surface area contributed by atoms with Crippen LogP contribution in [0.5, 0.6) is 0 Å². The molecule has 5 rings (SSSR count). The first kappa shape index (κ1) is 19.9. The fraction of sp³-hybridized carbons (Fsp3) is 0.167. The van der Waals surface area contributed by atoms with E-state index in [1.807, 2.05) is 30.5 Å². The molecule has 0 unspecified atom stereocenters. The predicted molar refractivity (Wildman–Crippen MR) is 124 cm³/mol. The first-order valence-electron chi connectivity index (χ1n) is 10.4. The number of urea groups is 1. The molecule has 4 aromatic rings. The van der Waals surface area contributed by atoms with Crippen molar-refractivity contribution in [3.63, 3.8) is 0 Å². The number of anilines is 2. The maximum Gasteiger partial charge on any atom is 0.316 e. The van der Waals surface area contributed by atoms with Crippen molar-refractivity contribution in [2.45, 2.75) is 0 Å². The van der Waals surface area contributed by atoms with Crippen LogP contribution in [0.2, 0.25) is 0 Å². The van der Waals surface area contributed by atoms with Crippen LogP contribution in [-0.2, 0) is 4.74 Å². The normalized spacial score (nSPS) is 13.8. The second-order valence-electron chi connectivity index (χ2n) is 7.51. The van der Waals surface area contributed by atoms with E-state index in [-0.39, 0.29) is 0 Å². The number of carbonyl (C=O) groups excluding carboxylic acids is 1. The molecule has 0 spiro atoms. The van der Waals surface area contributed by atoms with Crippen molar-refractivity contribution >= 4 is 28.4 Å². The Hall–Kier alpha value is -4.04. The van der Waals surface area contributed by atoms with E-state index in [4.69, 9.17) is 20.4 Å². The van der Waals surface area contributed by atoms with Crippen LogP contribution in [-0.4, -0.2) is 47.3 Å². The van der Waals surface area contributed by atoms with Crippen LogP contribution in [0.4, 0.5) is 16.3 Å². The second-order valence-corrected chi connectivity index (χ2v) is 7.51. The lowest BCUT2D eigenvalue weighted by atomic mass is 10.0. The van der Waals surface area contributed by atoms with Crippen molar-refractivity contribution in [1.29, 1.82) is 0 Å². The molecule has 2 amide bonds. The molecular formula is C24H22N6O2. The number of hydrogen-bond donors (Lipinski definition) is 2. The average molecular weight is 426 g/mol. The maximum absolute atomic E-state index is 11.1. The lowest BCUT2D eigenvalue weighted by molar-refractivity contribution is 0.122. The van der Waals surface area contributed by atoms with Crippen molar-refractivity contribution in [2.75, 3.05) is 36.5 Å². The number of nitrogens with zero attached hydrogens (tertiary/aromatic N) is 4. The topological polar surface area (TPSA) is 106 Å². The van der Waals surface area contributed by atoms with E-state index in [2.05, 4.69) is 33.4 Å². The standard InChI is InChI=1S/C24H22N6O2/c25-24(31)27-19-6-3-16(4-7-19)22-28-21-14-17(18-2-1-9-26-15-18)5-8-20(21)23(29-22)30-10-12-32-13-11-30/h1-9,14-15H,10-13H2,(H3,25,27,31). The molecule has 1 aliphatic heterocycles. The highest BCUT2D eigenvalue weighted by molar-refractivity contribution is 5.94. The van der Waals surface area contributed by atoms with Gasteiger partial charge in [0, 0.05) is 47.7 Å². The Morgan fingerprint density at radius 1 is 0.969 bits per heavy atom. The minimum Gasteiger partial charge on any atom is -0.378 e. The average Bonchev–Trinajstić information content (AvgIpc) is 2.84. The molecule has 0 radical (unpaired) electrons. The van der Waals surface area contributed by atoms with Gasteiger partial charge in [-0.3, -0.25) is 4.98 Å². The Labute approximate surface area is 185 Å². The molecular weight excluding hydrogens is 404 g/mol. The number of pyridine rings is 1.